The highest BCUT2D eigenvalue weighted by Crippen LogP contribution is 2.38. The molecule has 0 aliphatic heterocycles. The Balaban J connectivity index is 2.10. The highest BCUT2D eigenvalue weighted by atomic mass is 79.9. The molecule has 1 aromatic carbocycles. The van der Waals surface area contributed by atoms with Gasteiger partial charge in [-0.15, -0.1) is 11.8 Å². The average molecular weight is 314 g/mol. The summed E-state index contributed by atoms with van der Waals surface area (Å²) in [7, 11) is 0. The summed E-state index contributed by atoms with van der Waals surface area (Å²) in [6.45, 7) is 2.99. The van der Waals surface area contributed by atoms with Crippen molar-refractivity contribution in [3.63, 3.8) is 0 Å². The Morgan fingerprint density at radius 2 is 2.24 bits per heavy atom. The maximum absolute atomic E-state index is 5.84. The Morgan fingerprint density at radius 3 is 2.94 bits per heavy atom. The van der Waals surface area contributed by atoms with Crippen LogP contribution in [0.1, 0.15) is 38.2 Å². The third kappa shape index (κ3) is 3.49. The van der Waals surface area contributed by atoms with Crippen LogP contribution in [0.3, 0.4) is 0 Å². The van der Waals surface area contributed by atoms with Crippen LogP contribution in [0.25, 0.3) is 0 Å². The van der Waals surface area contributed by atoms with Crippen molar-refractivity contribution in [1.29, 1.82) is 0 Å². The first-order valence-electron chi connectivity index (χ1n) is 6.34. The minimum Gasteiger partial charge on any atom is -0.326 e. The number of thioether (sulfide) groups is 1. The van der Waals surface area contributed by atoms with Crippen molar-refractivity contribution in [2.24, 2.45) is 11.7 Å². The van der Waals surface area contributed by atoms with Crippen LogP contribution in [0.4, 0.5) is 0 Å². The van der Waals surface area contributed by atoms with Gasteiger partial charge in [0.05, 0.1) is 0 Å². The van der Waals surface area contributed by atoms with Gasteiger partial charge in [-0.05, 0) is 36.5 Å². The summed E-state index contributed by atoms with van der Waals surface area (Å²) in [5.41, 5.74) is 7.10. The SMILES string of the molecule is CC1CCCC(Sc2cccc(Br)c2CN)C1. The minimum absolute atomic E-state index is 0.617. The standard InChI is InChI=1S/C14H20BrNS/c1-10-4-2-5-11(8-10)17-14-7-3-6-13(15)12(14)9-16/h3,6-7,10-11H,2,4-5,8-9,16H2,1H3. The second-order valence-electron chi connectivity index (χ2n) is 4.93. The Bertz CT molecular complexity index is 380. The number of hydrogen-bond donors (Lipinski definition) is 1. The Hall–Kier alpha value is 0.01000. The fraction of sp³-hybridized carbons (Fsp3) is 0.571. The fourth-order valence-electron chi connectivity index (χ4n) is 2.51. The van der Waals surface area contributed by atoms with Crippen LogP contribution in [0.5, 0.6) is 0 Å². The first-order valence-corrected chi connectivity index (χ1v) is 8.02. The molecule has 0 aromatic heterocycles. The van der Waals surface area contributed by atoms with E-state index in [0.717, 1.165) is 15.6 Å². The second-order valence-corrected chi connectivity index (χ2v) is 7.13. The normalized spacial score (nSPS) is 24.9. The maximum Gasteiger partial charge on any atom is 0.0231 e. The molecule has 0 spiro atoms. The largest absolute Gasteiger partial charge is 0.326 e. The van der Waals surface area contributed by atoms with Crippen molar-refractivity contribution in [3.05, 3.63) is 28.2 Å². The molecule has 1 aromatic rings. The van der Waals surface area contributed by atoms with Gasteiger partial charge >= 0.3 is 0 Å². The Kier molecular flexibility index (Phi) is 4.95. The number of nitrogens with two attached hydrogens (primary N) is 1. The smallest absolute Gasteiger partial charge is 0.0231 e. The molecule has 2 unspecified atom stereocenters. The van der Waals surface area contributed by atoms with Gasteiger partial charge in [0.1, 0.15) is 0 Å². The van der Waals surface area contributed by atoms with Crippen LogP contribution < -0.4 is 5.73 Å². The summed E-state index contributed by atoms with van der Waals surface area (Å²) in [5.74, 6) is 0.884. The molecule has 1 aliphatic rings. The number of hydrogen-bond acceptors (Lipinski definition) is 2. The fourth-order valence-corrected chi connectivity index (χ4v) is 4.73. The Labute approximate surface area is 117 Å². The zero-order valence-corrected chi connectivity index (χ0v) is 12.7. The first kappa shape index (κ1) is 13.4. The number of rotatable bonds is 3. The predicted molar refractivity (Wildman–Crippen MR) is 79.3 cm³/mol. The molecule has 1 fully saturated rings. The van der Waals surface area contributed by atoms with E-state index < -0.39 is 0 Å². The van der Waals surface area contributed by atoms with E-state index in [1.165, 1.54) is 36.1 Å². The molecule has 0 heterocycles. The molecule has 2 rings (SSSR count). The number of halogens is 1. The van der Waals surface area contributed by atoms with Gasteiger partial charge in [-0.3, -0.25) is 0 Å². The van der Waals surface area contributed by atoms with Crippen molar-refractivity contribution in [1.82, 2.24) is 0 Å². The summed E-state index contributed by atoms with van der Waals surface area (Å²) in [6, 6.07) is 6.39. The summed E-state index contributed by atoms with van der Waals surface area (Å²) in [6.07, 6.45) is 5.48. The molecule has 1 aliphatic carbocycles. The lowest BCUT2D eigenvalue weighted by Crippen LogP contribution is -2.15. The predicted octanol–water partition coefficient (Wildman–Crippen LogP) is 4.58. The highest BCUT2D eigenvalue weighted by Gasteiger charge is 2.20. The quantitative estimate of drug-likeness (QED) is 0.884. The number of benzene rings is 1. The molecule has 2 N–H and O–H groups in total. The third-order valence-corrected chi connectivity index (χ3v) is 5.60. The van der Waals surface area contributed by atoms with Crippen LogP contribution in [-0.2, 0) is 6.54 Å². The van der Waals surface area contributed by atoms with E-state index >= 15 is 0 Å². The lowest BCUT2D eigenvalue weighted by molar-refractivity contribution is 0.394. The molecular weight excluding hydrogens is 294 g/mol. The van der Waals surface area contributed by atoms with Crippen LogP contribution in [0.15, 0.2) is 27.6 Å². The molecule has 1 nitrogen and oxygen atoms in total. The first-order chi connectivity index (χ1) is 8.20. The molecule has 0 amide bonds. The zero-order chi connectivity index (χ0) is 12.3. The summed E-state index contributed by atoms with van der Waals surface area (Å²) in [4.78, 5) is 1.36. The van der Waals surface area contributed by atoms with E-state index in [0.29, 0.717) is 6.54 Å². The van der Waals surface area contributed by atoms with Gasteiger partial charge in [0.25, 0.3) is 0 Å². The van der Waals surface area contributed by atoms with E-state index in [9.17, 15) is 0 Å². The van der Waals surface area contributed by atoms with Crippen molar-refractivity contribution < 1.29 is 0 Å². The van der Waals surface area contributed by atoms with Crippen LogP contribution >= 0.6 is 27.7 Å². The van der Waals surface area contributed by atoms with E-state index in [2.05, 4.69) is 41.1 Å². The lowest BCUT2D eigenvalue weighted by Gasteiger charge is -2.26. The maximum atomic E-state index is 5.84. The van der Waals surface area contributed by atoms with Crippen LogP contribution in [0.2, 0.25) is 0 Å². The topological polar surface area (TPSA) is 26.0 Å². The van der Waals surface area contributed by atoms with Gasteiger partial charge in [0, 0.05) is 21.2 Å². The molecule has 0 bridgehead atoms. The molecule has 0 saturated heterocycles. The van der Waals surface area contributed by atoms with Crippen molar-refractivity contribution in [2.75, 3.05) is 0 Å². The Morgan fingerprint density at radius 1 is 1.41 bits per heavy atom. The monoisotopic (exact) mass is 313 g/mol. The van der Waals surface area contributed by atoms with Crippen LogP contribution in [0, 0.1) is 5.92 Å². The van der Waals surface area contributed by atoms with Gasteiger partial charge < -0.3 is 5.73 Å². The average Bonchev–Trinajstić information content (AvgIpc) is 2.29. The third-order valence-electron chi connectivity index (χ3n) is 3.46. The molecule has 2 atom stereocenters. The van der Waals surface area contributed by atoms with E-state index in [1.54, 1.807) is 0 Å². The molecular formula is C14H20BrNS. The van der Waals surface area contributed by atoms with E-state index in [-0.39, 0.29) is 0 Å². The second kappa shape index (κ2) is 6.26. The highest BCUT2D eigenvalue weighted by molar-refractivity contribution is 9.10. The van der Waals surface area contributed by atoms with Crippen molar-refractivity contribution in [3.8, 4) is 0 Å². The molecule has 1 saturated carbocycles. The minimum atomic E-state index is 0.617. The van der Waals surface area contributed by atoms with Crippen LogP contribution in [-0.4, -0.2) is 5.25 Å². The molecule has 17 heavy (non-hydrogen) atoms. The van der Waals surface area contributed by atoms with E-state index in [4.69, 9.17) is 5.73 Å². The van der Waals surface area contributed by atoms with Crippen molar-refractivity contribution >= 4 is 27.7 Å². The zero-order valence-electron chi connectivity index (χ0n) is 10.3. The van der Waals surface area contributed by atoms with Crippen molar-refractivity contribution in [2.45, 2.75) is 49.3 Å². The summed E-state index contributed by atoms with van der Waals surface area (Å²) >= 11 is 5.61. The van der Waals surface area contributed by atoms with Gasteiger partial charge in [-0.25, -0.2) is 0 Å². The van der Waals surface area contributed by atoms with Gasteiger partial charge in [-0.2, -0.15) is 0 Å². The molecule has 94 valence electrons. The van der Waals surface area contributed by atoms with Gasteiger partial charge in [0.2, 0.25) is 0 Å². The molecule has 0 radical (unpaired) electrons. The van der Waals surface area contributed by atoms with E-state index in [1.807, 2.05) is 11.8 Å². The summed E-state index contributed by atoms with van der Waals surface area (Å²) in [5, 5.41) is 0.776. The van der Waals surface area contributed by atoms with Gasteiger partial charge in [0.15, 0.2) is 0 Å². The summed E-state index contributed by atoms with van der Waals surface area (Å²) < 4.78 is 1.15. The molecule has 3 heteroatoms. The van der Waals surface area contributed by atoms with Gasteiger partial charge in [-0.1, -0.05) is 41.8 Å². The lowest BCUT2D eigenvalue weighted by atomic mass is 9.91.